The second-order valence-corrected chi connectivity index (χ2v) is 7.02. The van der Waals surface area contributed by atoms with Crippen LogP contribution in [0, 0.1) is 12.8 Å². The van der Waals surface area contributed by atoms with Crippen molar-refractivity contribution in [3.63, 3.8) is 0 Å². The summed E-state index contributed by atoms with van der Waals surface area (Å²) in [6, 6.07) is 12.3. The lowest BCUT2D eigenvalue weighted by atomic mass is 10.1. The molecule has 1 aliphatic rings. The molecule has 0 aliphatic carbocycles. The van der Waals surface area contributed by atoms with Gasteiger partial charge in [-0.25, -0.2) is 0 Å². The molecule has 1 fully saturated rings. The van der Waals surface area contributed by atoms with Crippen molar-refractivity contribution in [2.24, 2.45) is 5.92 Å². The van der Waals surface area contributed by atoms with Crippen LogP contribution in [-0.2, 0) is 14.4 Å². The van der Waals surface area contributed by atoms with Crippen LogP contribution in [0.2, 0.25) is 5.02 Å². The maximum Gasteiger partial charge on any atom is 0.229 e. The molecule has 0 radical (unpaired) electrons. The lowest BCUT2D eigenvalue weighted by Gasteiger charge is -2.18. The van der Waals surface area contributed by atoms with Crippen molar-refractivity contribution >= 4 is 46.4 Å². The van der Waals surface area contributed by atoms with Crippen molar-refractivity contribution in [2.45, 2.75) is 20.3 Å². The zero-order valence-corrected chi connectivity index (χ0v) is 15.8. The number of amides is 3. The minimum Gasteiger partial charge on any atom is -0.326 e. The van der Waals surface area contributed by atoms with Gasteiger partial charge in [0.25, 0.3) is 0 Å². The largest absolute Gasteiger partial charge is 0.326 e. The molecule has 1 atom stereocenters. The highest BCUT2D eigenvalue weighted by molar-refractivity contribution is 6.31. The molecule has 0 aromatic heterocycles. The number of nitrogens with zero attached hydrogens (tertiary/aromatic N) is 1. The lowest BCUT2D eigenvalue weighted by molar-refractivity contribution is -0.122. The van der Waals surface area contributed by atoms with E-state index in [-0.39, 0.29) is 30.7 Å². The monoisotopic (exact) mass is 385 g/mol. The van der Waals surface area contributed by atoms with Gasteiger partial charge < -0.3 is 15.5 Å². The summed E-state index contributed by atoms with van der Waals surface area (Å²) < 4.78 is 0. The van der Waals surface area contributed by atoms with Crippen LogP contribution in [-0.4, -0.2) is 24.3 Å². The van der Waals surface area contributed by atoms with Gasteiger partial charge in [0.15, 0.2) is 0 Å². The van der Waals surface area contributed by atoms with Crippen molar-refractivity contribution in [2.75, 3.05) is 22.1 Å². The van der Waals surface area contributed by atoms with Gasteiger partial charge in [-0.1, -0.05) is 23.7 Å². The number of nitrogens with one attached hydrogen (secondary N) is 2. The minimum atomic E-state index is -0.458. The molecule has 0 saturated carbocycles. The van der Waals surface area contributed by atoms with Crippen LogP contribution in [0.3, 0.4) is 0 Å². The Morgan fingerprint density at radius 1 is 1.15 bits per heavy atom. The third-order valence-electron chi connectivity index (χ3n) is 4.43. The van der Waals surface area contributed by atoms with Crippen molar-refractivity contribution in [3.05, 3.63) is 53.1 Å². The number of aryl methyl sites for hydroxylation is 1. The predicted octanol–water partition coefficient (Wildman–Crippen LogP) is 3.60. The number of carbonyl (C=O) groups excluding carboxylic acids is 3. The van der Waals surface area contributed by atoms with Gasteiger partial charge in [-0.15, -0.1) is 0 Å². The number of halogens is 1. The first-order valence-electron chi connectivity index (χ1n) is 8.58. The molecule has 1 unspecified atom stereocenters. The third kappa shape index (κ3) is 4.46. The average molecular weight is 386 g/mol. The fraction of sp³-hybridized carbons (Fsp3) is 0.250. The van der Waals surface area contributed by atoms with E-state index in [2.05, 4.69) is 10.6 Å². The van der Waals surface area contributed by atoms with E-state index in [1.54, 1.807) is 41.3 Å². The van der Waals surface area contributed by atoms with Crippen LogP contribution in [0.4, 0.5) is 17.1 Å². The fourth-order valence-electron chi connectivity index (χ4n) is 3.05. The second-order valence-electron chi connectivity index (χ2n) is 6.59. The van der Waals surface area contributed by atoms with E-state index in [1.807, 2.05) is 13.0 Å². The molecule has 140 valence electrons. The molecule has 0 spiro atoms. The zero-order chi connectivity index (χ0) is 19.6. The number of benzene rings is 2. The molecule has 27 heavy (non-hydrogen) atoms. The topological polar surface area (TPSA) is 78.5 Å². The van der Waals surface area contributed by atoms with E-state index in [0.717, 1.165) is 5.56 Å². The van der Waals surface area contributed by atoms with E-state index < -0.39 is 5.92 Å². The smallest absolute Gasteiger partial charge is 0.229 e. The van der Waals surface area contributed by atoms with Crippen molar-refractivity contribution in [1.29, 1.82) is 0 Å². The Labute approximate surface area is 162 Å². The summed E-state index contributed by atoms with van der Waals surface area (Å²) >= 11 is 5.99. The molecule has 0 bridgehead atoms. The summed E-state index contributed by atoms with van der Waals surface area (Å²) in [5.41, 5.74) is 2.80. The maximum absolute atomic E-state index is 12.6. The Hall–Kier alpha value is -2.86. The fourth-order valence-corrected chi connectivity index (χ4v) is 3.22. The first-order valence-corrected chi connectivity index (χ1v) is 8.96. The molecule has 2 aromatic carbocycles. The number of rotatable bonds is 4. The number of hydrogen-bond donors (Lipinski definition) is 2. The summed E-state index contributed by atoms with van der Waals surface area (Å²) in [5, 5.41) is 6.09. The highest BCUT2D eigenvalue weighted by Crippen LogP contribution is 2.28. The number of carbonyl (C=O) groups is 3. The van der Waals surface area contributed by atoms with E-state index in [1.165, 1.54) is 6.92 Å². The third-order valence-corrected chi connectivity index (χ3v) is 4.67. The van der Waals surface area contributed by atoms with Gasteiger partial charge in [-0.3, -0.25) is 14.4 Å². The van der Waals surface area contributed by atoms with Gasteiger partial charge in [0.1, 0.15) is 0 Å². The molecule has 6 nitrogen and oxygen atoms in total. The Morgan fingerprint density at radius 3 is 2.67 bits per heavy atom. The standard InChI is InChI=1S/C20H20ClN3O3/c1-12-6-7-15(21)9-18(12)23-20(27)14-8-19(26)24(11-14)17-5-3-4-16(10-17)22-13(2)25/h3-7,9-10,14H,8,11H2,1-2H3,(H,22,25)(H,23,27). The molecule has 2 N–H and O–H groups in total. The SMILES string of the molecule is CC(=O)Nc1cccc(N2CC(C(=O)Nc3cc(Cl)ccc3C)CC2=O)c1. The average Bonchev–Trinajstić information content (AvgIpc) is 3.00. The van der Waals surface area contributed by atoms with Gasteiger partial charge in [0.2, 0.25) is 17.7 Å². The predicted molar refractivity (Wildman–Crippen MR) is 106 cm³/mol. The van der Waals surface area contributed by atoms with Gasteiger partial charge >= 0.3 is 0 Å². The van der Waals surface area contributed by atoms with E-state index in [9.17, 15) is 14.4 Å². The van der Waals surface area contributed by atoms with Crippen LogP contribution in [0.25, 0.3) is 0 Å². The minimum absolute atomic E-state index is 0.127. The van der Waals surface area contributed by atoms with Crippen molar-refractivity contribution in [3.8, 4) is 0 Å². The molecule has 1 aliphatic heterocycles. The van der Waals surface area contributed by atoms with Crippen molar-refractivity contribution < 1.29 is 14.4 Å². The Morgan fingerprint density at radius 2 is 1.93 bits per heavy atom. The maximum atomic E-state index is 12.6. The van der Waals surface area contributed by atoms with Gasteiger partial charge in [0, 0.05) is 42.0 Å². The zero-order valence-electron chi connectivity index (χ0n) is 15.1. The second kappa shape index (κ2) is 7.80. The highest BCUT2D eigenvalue weighted by atomic mass is 35.5. The molecule has 3 rings (SSSR count). The summed E-state index contributed by atoms with van der Waals surface area (Å²) in [4.78, 5) is 37.8. The van der Waals surface area contributed by atoms with Crippen LogP contribution < -0.4 is 15.5 Å². The number of anilines is 3. The van der Waals surface area contributed by atoms with Crippen LogP contribution in [0.15, 0.2) is 42.5 Å². The molecule has 3 amide bonds. The highest BCUT2D eigenvalue weighted by Gasteiger charge is 2.35. The summed E-state index contributed by atoms with van der Waals surface area (Å²) in [7, 11) is 0. The summed E-state index contributed by atoms with van der Waals surface area (Å²) in [6.07, 6.45) is 0.135. The Kier molecular flexibility index (Phi) is 5.46. The normalized spacial score (nSPS) is 16.3. The molecule has 7 heteroatoms. The summed E-state index contributed by atoms with van der Waals surface area (Å²) in [5.74, 6) is -0.985. The molecule has 1 saturated heterocycles. The first kappa shape index (κ1) is 18.9. The molecule has 1 heterocycles. The van der Waals surface area contributed by atoms with E-state index in [0.29, 0.717) is 22.1 Å². The van der Waals surface area contributed by atoms with Crippen LogP contribution in [0.1, 0.15) is 18.9 Å². The van der Waals surface area contributed by atoms with E-state index in [4.69, 9.17) is 11.6 Å². The van der Waals surface area contributed by atoms with Crippen LogP contribution in [0.5, 0.6) is 0 Å². The molecular weight excluding hydrogens is 366 g/mol. The van der Waals surface area contributed by atoms with Crippen molar-refractivity contribution in [1.82, 2.24) is 0 Å². The lowest BCUT2D eigenvalue weighted by Crippen LogP contribution is -2.28. The van der Waals surface area contributed by atoms with Gasteiger partial charge in [-0.05, 0) is 42.8 Å². The number of hydrogen-bond acceptors (Lipinski definition) is 3. The summed E-state index contributed by atoms with van der Waals surface area (Å²) in [6.45, 7) is 3.59. The molecule has 2 aromatic rings. The Balaban J connectivity index is 1.72. The van der Waals surface area contributed by atoms with Crippen LogP contribution >= 0.6 is 11.6 Å². The Bertz CT molecular complexity index is 913. The van der Waals surface area contributed by atoms with Gasteiger partial charge in [-0.2, -0.15) is 0 Å². The quantitative estimate of drug-likeness (QED) is 0.844. The molecular formula is C20H20ClN3O3. The first-order chi connectivity index (χ1) is 12.8. The van der Waals surface area contributed by atoms with Gasteiger partial charge in [0.05, 0.1) is 5.92 Å². The van der Waals surface area contributed by atoms with E-state index >= 15 is 0 Å².